The second-order valence-corrected chi connectivity index (χ2v) is 7.43. The van der Waals surface area contributed by atoms with Gasteiger partial charge in [0.25, 0.3) is 0 Å². The van der Waals surface area contributed by atoms with Crippen LogP contribution in [0, 0.1) is 6.92 Å². The number of hydrogen-bond donors (Lipinski definition) is 3. The second kappa shape index (κ2) is 7.35. The largest absolute Gasteiger partial charge is 0.331 e. The number of benzene rings is 2. The predicted molar refractivity (Wildman–Crippen MR) is 96.7 cm³/mol. The molecule has 3 N–H and O–H groups in total. The van der Waals surface area contributed by atoms with E-state index in [1.807, 2.05) is 44.2 Å². The molecule has 0 spiro atoms. The number of amides is 2. The first kappa shape index (κ1) is 17.8. The first-order chi connectivity index (χ1) is 11.2. The van der Waals surface area contributed by atoms with Gasteiger partial charge in [-0.15, -0.1) is 0 Å². The third kappa shape index (κ3) is 5.58. The van der Waals surface area contributed by atoms with Crippen LogP contribution in [0.3, 0.4) is 0 Å². The molecule has 128 valence electrons. The molecule has 1 unspecified atom stereocenters. The number of carbonyl (C=O) groups is 1. The summed E-state index contributed by atoms with van der Waals surface area (Å²) in [5.74, 6) is 0. The van der Waals surface area contributed by atoms with Crippen LogP contribution in [-0.2, 0) is 10.0 Å². The lowest BCUT2D eigenvalue weighted by atomic mass is 10.1. The van der Waals surface area contributed by atoms with Crippen molar-refractivity contribution in [1.82, 2.24) is 5.32 Å². The van der Waals surface area contributed by atoms with Crippen molar-refractivity contribution in [3.8, 4) is 0 Å². The highest BCUT2D eigenvalue weighted by molar-refractivity contribution is 7.92. The number of rotatable bonds is 5. The summed E-state index contributed by atoms with van der Waals surface area (Å²) in [6.45, 7) is 3.80. The van der Waals surface area contributed by atoms with Crippen LogP contribution in [0.2, 0.25) is 0 Å². The van der Waals surface area contributed by atoms with E-state index in [4.69, 9.17) is 0 Å². The standard InChI is InChI=1S/C17H21N3O3S/c1-12-7-9-15(10-8-12)19-17(21)18-13(2)14-5-4-6-16(11-14)20-24(3,22)23/h4-11,13,20H,1-3H3,(H2,18,19,21). The van der Waals surface area contributed by atoms with Crippen LogP contribution < -0.4 is 15.4 Å². The molecule has 0 aliphatic carbocycles. The van der Waals surface area contributed by atoms with Gasteiger partial charge in [0.05, 0.1) is 12.3 Å². The zero-order valence-electron chi connectivity index (χ0n) is 13.8. The Morgan fingerprint density at radius 2 is 1.71 bits per heavy atom. The molecule has 0 fully saturated rings. The molecule has 2 aromatic rings. The number of sulfonamides is 1. The fraction of sp³-hybridized carbons (Fsp3) is 0.235. The number of aryl methyl sites for hydroxylation is 1. The molecule has 0 heterocycles. The van der Waals surface area contributed by atoms with Crippen LogP contribution >= 0.6 is 0 Å². The second-order valence-electron chi connectivity index (χ2n) is 5.69. The van der Waals surface area contributed by atoms with Gasteiger partial charge in [-0.1, -0.05) is 29.8 Å². The van der Waals surface area contributed by atoms with Crippen molar-refractivity contribution < 1.29 is 13.2 Å². The first-order valence-electron chi connectivity index (χ1n) is 7.45. The molecule has 0 bridgehead atoms. The predicted octanol–water partition coefficient (Wildman–Crippen LogP) is 3.25. The summed E-state index contributed by atoms with van der Waals surface area (Å²) >= 11 is 0. The topological polar surface area (TPSA) is 87.3 Å². The van der Waals surface area contributed by atoms with E-state index in [-0.39, 0.29) is 12.1 Å². The number of hydrogen-bond acceptors (Lipinski definition) is 3. The number of anilines is 2. The van der Waals surface area contributed by atoms with Crippen LogP contribution in [0.4, 0.5) is 16.2 Å². The zero-order valence-corrected chi connectivity index (χ0v) is 14.6. The molecule has 2 rings (SSSR count). The molecule has 2 amide bonds. The van der Waals surface area contributed by atoms with Crippen LogP contribution in [-0.4, -0.2) is 20.7 Å². The van der Waals surface area contributed by atoms with Crippen molar-refractivity contribution in [3.63, 3.8) is 0 Å². The minimum atomic E-state index is -3.34. The summed E-state index contributed by atoms with van der Waals surface area (Å²) in [5, 5.41) is 5.58. The summed E-state index contributed by atoms with van der Waals surface area (Å²) in [6, 6.07) is 13.8. The summed E-state index contributed by atoms with van der Waals surface area (Å²) in [4.78, 5) is 12.1. The fourth-order valence-corrected chi connectivity index (χ4v) is 2.72. The molecule has 0 saturated heterocycles. The molecule has 0 radical (unpaired) electrons. The quantitative estimate of drug-likeness (QED) is 0.776. The van der Waals surface area contributed by atoms with Crippen molar-refractivity contribution in [2.24, 2.45) is 0 Å². The maximum atomic E-state index is 12.1. The highest BCUT2D eigenvalue weighted by Gasteiger charge is 2.11. The lowest BCUT2D eigenvalue weighted by Gasteiger charge is -2.16. The van der Waals surface area contributed by atoms with E-state index in [1.54, 1.807) is 18.2 Å². The third-order valence-electron chi connectivity index (χ3n) is 3.35. The average molecular weight is 347 g/mol. The fourth-order valence-electron chi connectivity index (χ4n) is 2.17. The van der Waals surface area contributed by atoms with Gasteiger partial charge in [0, 0.05) is 11.4 Å². The highest BCUT2D eigenvalue weighted by atomic mass is 32.2. The monoisotopic (exact) mass is 347 g/mol. The maximum absolute atomic E-state index is 12.1. The van der Waals surface area contributed by atoms with Crippen molar-refractivity contribution in [2.45, 2.75) is 19.9 Å². The van der Waals surface area contributed by atoms with Gasteiger partial charge in [0.2, 0.25) is 10.0 Å². The molecule has 0 aliphatic heterocycles. The lowest BCUT2D eigenvalue weighted by Crippen LogP contribution is -2.31. The maximum Gasteiger partial charge on any atom is 0.319 e. The van der Waals surface area contributed by atoms with E-state index in [0.29, 0.717) is 11.4 Å². The molecule has 24 heavy (non-hydrogen) atoms. The Hall–Kier alpha value is -2.54. The van der Waals surface area contributed by atoms with Crippen LogP contribution in [0.1, 0.15) is 24.1 Å². The van der Waals surface area contributed by atoms with Crippen molar-refractivity contribution in [3.05, 3.63) is 59.7 Å². The molecule has 2 aromatic carbocycles. The normalized spacial score (nSPS) is 12.3. The number of nitrogens with one attached hydrogen (secondary N) is 3. The molecule has 0 saturated carbocycles. The molecular weight excluding hydrogens is 326 g/mol. The van der Waals surface area contributed by atoms with Gasteiger partial charge in [0.15, 0.2) is 0 Å². The van der Waals surface area contributed by atoms with Gasteiger partial charge in [-0.05, 0) is 43.7 Å². The van der Waals surface area contributed by atoms with E-state index < -0.39 is 10.0 Å². The van der Waals surface area contributed by atoms with E-state index >= 15 is 0 Å². The van der Waals surface area contributed by atoms with Gasteiger partial charge in [-0.25, -0.2) is 13.2 Å². The Balaban J connectivity index is 2.01. The number of urea groups is 1. The summed E-state index contributed by atoms with van der Waals surface area (Å²) in [7, 11) is -3.34. The average Bonchev–Trinajstić information content (AvgIpc) is 2.48. The molecule has 1 atom stereocenters. The Bertz CT molecular complexity index is 817. The van der Waals surface area contributed by atoms with Gasteiger partial charge in [-0.2, -0.15) is 0 Å². The van der Waals surface area contributed by atoms with Gasteiger partial charge >= 0.3 is 6.03 Å². The Morgan fingerprint density at radius 1 is 1.04 bits per heavy atom. The van der Waals surface area contributed by atoms with Gasteiger partial charge < -0.3 is 10.6 Å². The smallest absolute Gasteiger partial charge is 0.319 e. The van der Waals surface area contributed by atoms with Gasteiger partial charge in [-0.3, -0.25) is 4.72 Å². The van der Waals surface area contributed by atoms with Gasteiger partial charge in [0.1, 0.15) is 0 Å². The van der Waals surface area contributed by atoms with E-state index in [9.17, 15) is 13.2 Å². The van der Waals surface area contributed by atoms with Crippen molar-refractivity contribution >= 4 is 27.4 Å². The highest BCUT2D eigenvalue weighted by Crippen LogP contribution is 2.18. The SMILES string of the molecule is Cc1ccc(NC(=O)NC(C)c2cccc(NS(C)(=O)=O)c2)cc1. The van der Waals surface area contributed by atoms with Crippen molar-refractivity contribution in [1.29, 1.82) is 0 Å². The Kier molecular flexibility index (Phi) is 5.46. The molecule has 0 aliphatic rings. The molecule has 7 heteroatoms. The minimum absolute atomic E-state index is 0.281. The Labute approximate surface area is 142 Å². The first-order valence-corrected chi connectivity index (χ1v) is 9.34. The van der Waals surface area contributed by atoms with E-state index in [2.05, 4.69) is 15.4 Å². The molecular formula is C17H21N3O3S. The summed E-state index contributed by atoms with van der Waals surface area (Å²) < 4.78 is 25.0. The summed E-state index contributed by atoms with van der Waals surface area (Å²) in [5.41, 5.74) is 3.08. The van der Waals surface area contributed by atoms with E-state index in [1.165, 1.54) is 0 Å². The van der Waals surface area contributed by atoms with Crippen molar-refractivity contribution in [2.75, 3.05) is 16.3 Å². The lowest BCUT2D eigenvalue weighted by molar-refractivity contribution is 0.249. The minimum Gasteiger partial charge on any atom is -0.331 e. The molecule has 0 aromatic heterocycles. The Morgan fingerprint density at radius 3 is 2.33 bits per heavy atom. The van der Waals surface area contributed by atoms with Crippen LogP contribution in [0.25, 0.3) is 0 Å². The zero-order chi connectivity index (χ0) is 17.7. The van der Waals surface area contributed by atoms with Crippen LogP contribution in [0.15, 0.2) is 48.5 Å². The van der Waals surface area contributed by atoms with Crippen LogP contribution in [0.5, 0.6) is 0 Å². The number of carbonyl (C=O) groups excluding carboxylic acids is 1. The van der Waals surface area contributed by atoms with E-state index in [0.717, 1.165) is 17.4 Å². The molecule has 6 nitrogen and oxygen atoms in total. The third-order valence-corrected chi connectivity index (χ3v) is 3.95. The summed E-state index contributed by atoms with van der Waals surface area (Å²) in [6.07, 6.45) is 1.09.